The van der Waals surface area contributed by atoms with Crippen molar-refractivity contribution in [3.63, 3.8) is 0 Å². The van der Waals surface area contributed by atoms with Crippen molar-refractivity contribution >= 4 is 129 Å². The van der Waals surface area contributed by atoms with Gasteiger partial charge < -0.3 is 9.80 Å². The molecule has 5 heteroatoms. The summed E-state index contributed by atoms with van der Waals surface area (Å²) in [5, 5.41) is 7.67. The molecule has 0 amide bonds. The Balaban J connectivity index is 0.954. The molecule has 72 heavy (non-hydrogen) atoms. The van der Waals surface area contributed by atoms with Gasteiger partial charge in [0, 0.05) is 106 Å². The van der Waals surface area contributed by atoms with Crippen LogP contribution in [0, 0.1) is 6.92 Å². The van der Waals surface area contributed by atoms with Gasteiger partial charge in [-0.05, 0) is 144 Å². The molecule has 0 aliphatic heterocycles. The van der Waals surface area contributed by atoms with E-state index in [0.717, 1.165) is 34.1 Å². The zero-order valence-electron chi connectivity index (χ0n) is 39.3. The summed E-state index contributed by atoms with van der Waals surface area (Å²) in [4.78, 5) is 4.82. The number of nitrogens with zero attached hydrogens (tertiary/aromatic N) is 2. The third-order valence-electron chi connectivity index (χ3n) is 14.1. The average molecular weight is 973 g/mol. The molecule has 0 bridgehead atoms. The number of thiophene rings is 3. The van der Waals surface area contributed by atoms with Gasteiger partial charge in [-0.15, -0.1) is 34.0 Å². The second-order valence-corrected chi connectivity index (χ2v) is 21.7. The van der Waals surface area contributed by atoms with Crippen LogP contribution in [0.25, 0.3) is 93.9 Å². The second kappa shape index (κ2) is 17.5. The maximum Gasteiger partial charge on any atom is 0.0475 e. The molecular weight excluding hydrogens is 929 g/mol. The molecule has 0 N–H and O–H groups in total. The van der Waals surface area contributed by atoms with E-state index in [1.54, 1.807) is 0 Å². The third-order valence-corrected chi connectivity index (χ3v) is 17.6. The minimum Gasteiger partial charge on any atom is -0.310 e. The molecule has 0 radical (unpaired) electrons. The van der Waals surface area contributed by atoms with Gasteiger partial charge in [-0.1, -0.05) is 140 Å². The Morgan fingerprint density at radius 2 is 0.667 bits per heavy atom. The van der Waals surface area contributed by atoms with Crippen LogP contribution in [0.3, 0.4) is 0 Å². The van der Waals surface area contributed by atoms with Crippen molar-refractivity contribution in [1.82, 2.24) is 0 Å². The summed E-state index contributed by atoms with van der Waals surface area (Å²) < 4.78 is 7.76. The molecule has 340 valence electrons. The van der Waals surface area contributed by atoms with E-state index < -0.39 is 0 Å². The summed E-state index contributed by atoms with van der Waals surface area (Å²) in [6, 6.07) is 91.8. The predicted molar refractivity (Wildman–Crippen MR) is 316 cm³/mol. The van der Waals surface area contributed by atoms with Gasteiger partial charge in [0.05, 0.1) is 0 Å². The minimum atomic E-state index is 1.11. The van der Waals surface area contributed by atoms with Crippen molar-refractivity contribution in [3.8, 4) is 33.4 Å². The van der Waals surface area contributed by atoms with Gasteiger partial charge in [0.2, 0.25) is 0 Å². The molecule has 0 aliphatic rings. The summed E-state index contributed by atoms with van der Waals surface area (Å²) in [5.74, 6) is 0. The molecular formula is C67H44N2S3. The van der Waals surface area contributed by atoms with Crippen LogP contribution in [0.4, 0.5) is 34.1 Å². The summed E-state index contributed by atoms with van der Waals surface area (Å²) in [6.07, 6.45) is 0. The highest BCUT2D eigenvalue weighted by atomic mass is 32.1. The lowest BCUT2D eigenvalue weighted by Crippen LogP contribution is -2.10. The lowest BCUT2D eigenvalue weighted by Gasteiger charge is -2.26. The van der Waals surface area contributed by atoms with Gasteiger partial charge in [0.15, 0.2) is 0 Å². The Hall–Kier alpha value is -8.32. The third kappa shape index (κ3) is 7.36. The lowest BCUT2D eigenvalue weighted by molar-refractivity contribution is 1.28. The topological polar surface area (TPSA) is 6.48 Å². The Kier molecular flexibility index (Phi) is 10.4. The fourth-order valence-electron chi connectivity index (χ4n) is 10.7. The second-order valence-electron chi connectivity index (χ2n) is 18.6. The first-order chi connectivity index (χ1) is 35.6. The minimum absolute atomic E-state index is 1.11. The standard InChI is InChI=1S/C67H44N2S3/c1-43-16-15-23-51(36-43)69(49-21-9-4-10-22-49)53-40-57(67-61(42-53)55-25-12-14-27-63(55)72-67)47-31-35-65-59(38-47)58-37-46(30-34-64(58)70-65)56-39-52(41-60-54-24-11-13-26-62(54)71-66(56)60)68(48-19-7-3-8-20-48)50-32-28-45(29-33-50)44-17-5-2-6-18-44/h2-42H,1H3. The number of benzene rings is 11. The summed E-state index contributed by atoms with van der Waals surface area (Å²) in [6.45, 7) is 2.17. The first-order valence-electron chi connectivity index (χ1n) is 24.4. The van der Waals surface area contributed by atoms with Gasteiger partial charge in [-0.3, -0.25) is 0 Å². The van der Waals surface area contributed by atoms with Crippen LogP contribution in [-0.2, 0) is 0 Å². The molecule has 3 aromatic heterocycles. The number of aryl methyl sites for hydroxylation is 1. The summed E-state index contributed by atoms with van der Waals surface area (Å²) >= 11 is 5.66. The van der Waals surface area contributed by atoms with Gasteiger partial charge in [-0.2, -0.15) is 0 Å². The highest BCUT2D eigenvalue weighted by Crippen LogP contribution is 2.49. The van der Waals surface area contributed by atoms with Crippen molar-refractivity contribution in [1.29, 1.82) is 0 Å². The number of fused-ring (bicyclic) bond motifs is 9. The van der Waals surface area contributed by atoms with Crippen molar-refractivity contribution in [2.75, 3.05) is 9.80 Å². The van der Waals surface area contributed by atoms with E-state index in [4.69, 9.17) is 0 Å². The number of rotatable bonds is 9. The van der Waals surface area contributed by atoms with Crippen LogP contribution in [0.15, 0.2) is 249 Å². The largest absolute Gasteiger partial charge is 0.310 e. The summed E-state index contributed by atoms with van der Waals surface area (Å²) in [7, 11) is 0. The molecule has 0 fully saturated rings. The molecule has 2 nitrogen and oxygen atoms in total. The summed E-state index contributed by atoms with van der Waals surface area (Å²) in [5.41, 5.74) is 15.3. The van der Waals surface area contributed by atoms with Crippen molar-refractivity contribution in [2.24, 2.45) is 0 Å². The van der Waals surface area contributed by atoms with Crippen LogP contribution >= 0.6 is 34.0 Å². The molecule has 0 aliphatic carbocycles. The normalized spacial score (nSPS) is 11.7. The van der Waals surface area contributed by atoms with Crippen molar-refractivity contribution in [2.45, 2.75) is 6.92 Å². The molecule has 3 heterocycles. The zero-order chi connectivity index (χ0) is 47.7. The van der Waals surface area contributed by atoms with E-state index in [9.17, 15) is 0 Å². The monoisotopic (exact) mass is 972 g/mol. The number of anilines is 6. The van der Waals surface area contributed by atoms with Crippen LogP contribution in [-0.4, -0.2) is 0 Å². The fraction of sp³-hybridized carbons (Fsp3) is 0.0149. The predicted octanol–water partition coefficient (Wildman–Crippen LogP) is 21.0. The average Bonchev–Trinajstić information content (AvgIpc) is 4.13. The zero-order valence-corrected chi connectivity index (χ0v) is 41.7. The Morgan fingerprint density at radius 3 is 1.19 bits per heavy atom. The Bertz CT molecular complexity index is 4340. The SMILES string of the molecule is Cc1cccc(N(c2ccccc2)c2cc(-c3ccc4sc5ccc(-c6cc(N(c7ccccc7)c7ccc(-c8ccccc8)cc7)cc7c6sc6ccccc67)cc5c4c3)c3sc4ccccc4c3c2)c1. The number of hydrogen-bond donors (Lipinski definition) is 0. The van der Waals surface area contributed by atoms with E-state index in [1.807, 2.05) is 34.0 Å². The lowest BCUT2D eigenvalue weighted by atomic mass is 9.97. The van der Waals surface area contributed by atoms with E-state index in [-0.39, 0.29) is 0 Å². The number of hydrogen-bond acceptors (Lipinski definition) is 5. The Labute approximate surface area is 430 Å². The quantitative estimate of drug-likeness (QED) is 0.142. The van der Waals surface area contributed by atoms with Crippen LogP contribution < -0.4 is 9.80 Å². The molecule has 14 rings (SSSR count). The fourth-order valence-corrected chi connectivity index (χ4v) is 14.2. The Morgan fingerprint density at radius 1 is 0.250 bits per heavy atom. The maximum absolute atomic E-state index is 2.46. The van der Waals surface area contributed by atoms with Gasteiger partial charge >= 0.3 is 0 Å². The highest BCUT2D eigenvalue weighted by molar-refractivity contribution is 7.27. The van der Waals surface area contributed by atoms with Crippen molar-refractivity contribution in [3.05, 3.63) is 254 Å². The van der Waals surface area contributed by atoms with Gasteiger partial charge in [0.1, 0.15) is 0 Å². The van der Waals surface area contributed by atoms with Gasteiger partial charge in [0.25, 0.3) is 0 Å². The van der Waals surface area contributed by atoms with Gasteiger partial charge in [-0.25, -0.2) is 0 Å². The molecule has 0 saturated carbocycles. The molecule has 14 aromatic rings. The molecule has 0 spiro atoms. The van der Waals surface area contributed by atoms with Crippen LogP contribution in [0.1, 0.15) is 5.56 Å². The van der Waals surface area contributed by atoms with Crippen LogP contribution in [0.2, 0.25) is 0 Å². The smallest absolute Gasteiger partial charge is 0.0475 e. The van der Waals surface area contributed by atoms with Crippen LogP contribution in [0.5, 0.6) is 0 Å². The molecule has 0 saturated heterocycles. The highest BCUT2D eigenvalue weighted by Gasteiger charge is 2.22. The van der Waals surface area contributed by atoms with Crippen molar-refractivity contribution < 1.29 is 0 Å². The number of para-hydroxylation sites is 2. The van der Waals surface area contributed by atoms with E-state index in [0.29, 0.717) is 0 Å². The molecule has 0 atom stereocenters. The molecule has 0 unspecified atom stereocenters. The molecule has 11 aromatic carbocycles. The maximum atomic E-state index is 2.46. The first kappa shape index (κ1) is 42.5. The van der Waals surface area contributed by atoms with E-state index in [1.165, 1.54) is 99.5 Å². The van der Waals surface area contributed by atoms with E-state index >= 15 is 0 Å². The first-order valence-corrected chi connectivity index (χ1v) is 26.8. The van der Waals surface area contributed by atoms with E-state index in [2.05, 4.69) is 265 Å².